The van der Waals surface area contributed by atoms with Gasteiger partial charge in [-0.05, 0) is 47.4 Å². The highest BCUT2D eigenvalue weighted by Crippen LogP contribution is 2.28. The summed E-state index contributed by atoms with van der Waals surface area (Å²) in [6.07, 6.45) is 2.13. The van der Waals surface area contributed by atoms with E-state index in [-0.39, 0.29) is 12.8 Å². The average Bonchev–Trinajstić information content (AvgIpc) is 2.41. The smallest absolute Gasteiger partial charge is 0.123 e. The van der Waals surface area contributed by atoms with Crippen LogP contribution in [0.25, 0.3) is 11.1 Å². The summed E-state index contributed by atoms with van der Waals surface area (Å²) in [7, 11) is 0.0659. The normalized spacial score (nSPS) is 11.3. The van der Waals surface area contributed by atoms with Crippen molar-refractivity contribution in [3.8, 4) is 16.9 Å². The molecule has 0 atom stereocenters. The molecule has 0 radical (unpaired) electrons. The van der Waals surface area contributed by atoms with Crippen molar-refractivity contribution in [2.75, 3.05) is 0 Å². The number of rotatable bonds is 5. The Morgan fingerprint density at radius 2 is 1.84 bits per heavy atom. The van der Waals surface area contributed by atoms with E-state index >= 15 is 0 Å². The lowest BCUT2D eigenvalue weighted by molar-refractivity contribution is 0.474. The van der Waals surface area contributed by atoms with Gasteiger partial charge in [-0.3, -0.25) is 0 Å². The molecule has 0 bridgehead atoms. The SMILES string of the molecule is Oc1ccc(-c2ccc(F)cc2)c(CCC[SiH2]I)c1. The van der Waals surface area contributed by atoms with Crippen molar-refractivity contribution in [3.63, 3.8) is 0 Å². The number of hydrogen-bond donors (Lipinski definition) is 1. The van der Waals surface area contributed by atoms with E-state index in [0.717, 1.165) is 29.5 Å². The number of halogens is 2. The van der Waals surface area contributed by atoms with Gasteiger partial charge in [-0.2, -0.15) is 0 Å². The van der Waals surface area contributed by atoms with Gasteiger partial charge in [0.1, 0.15) is 11.6 Å². The Bertz CT molecular complexity index is 542. The maximum atomic E-state index is 13.0. The highest BCUT2D eigenvalue weighted by molar-refractivity contribution is 14.1. The molecule has 0 aliphatic rings. The van der Waals surface area contributed by atoms with Gasteiger partial charge in [0.2, 0.25) is 0 Å². The minimum absolute atomic E-state index is 0.0659. The zero-order valence-corrected chi connectivity index (χ0v) is 14.1. The molecule has 1 nitrogen and oxygen atoms in total. The first-order chi connectivity index (χ1) is 9.20. The molecule has 0 aliphatic heterocycles. The highest BCUT2D eigenvalue weighted by atomic mass is 127. The van der Waals surface area contributed by atoms with Crippen LogP contribution in [-0.4, -0.2) is 12.1 Å². The maximum absolute atomic E-state index is 13.0. The summed E-state index contributed by atoms with van der Waals surface area (Å²) in [5.74, 6) is 0.0765. The van der Waals surface area contributed by atoms with Gasteiger partial charge >= 0.3 is 0 Å². The maximum Gasteiger partial charge on any atom is 0.123 e. The molecule has 1 N–H and O–H groups in total. The molecule has 2 aromatic carbocycles. The molecule has 0 aliphatic carbocycles. The summed E-state index contributed by atoms with van der Waals surface area (Å²) in [5, 5.41) is 9.63. The molecular formula is C15H16FIOSi. The molecule has 100 valence electrons. The van der Waals surface area contributed by atoms with E-state index in [1.54, 1.807) is 18.2 Å². The molecule has 2 rings (SSSR count). The molecule has 0 saturated carbocycles. The summed E-state index contributed by atoms with van der Waals surface area (Å²) in [6.45, 7) is 0. The third-order valence-corrected chi connectivity index (χ3v) is 6.13. The Labute approximate surface area is 127 Å². The van der Waals surface area contributed by atoms with Crippen molar-refractivity contribution in [3.05, 3.63) is 53.8 Å². The molecule has 0 fully saturated rings. The quantitative estimate of drug-likeness (QED) is 0.356. The minimum atomic E-state index is -0.222. The molecule has 0 unspecified atom stereocenters. The lowest BCUT2D eigenvalue weighted by Gasteiger charge is -2.10. The number of aryl methyl sites for hydroxylation is 1. The zero-order valence-electron chi connectivity index (χ0n) is 10.6. The Kier molecular flexibility index (Phi) is 5.39. The van der Waals surface area contributed by atoms with Crippen molar-refractivity contribution in [1.29, 1.82) is 0 Å². The van der Waals surface area contributed by atoms with E-state index < -0.39 is 0 Å². The number of phenolic OH excluding ortho intramolecular Hbond substituents is 1. The fraction of sp³-hybridized carbons (Fsp3) is 0.200. The molecule has 0 spiro atoms. The molecule has 0 amide bonds. The summed E-state index contributed by atoms with van der Waals surface area (Å²) in [5.41, 5.74) is 3.24. The van der Waals surface area contributed by atoms with Crippen LogP contribution in [0.1, 0.15) is 12.0 Å². The Morgan fingerprint density at radius 1 is 1.11 bits per heavy atom. The lowest BCUT2D eigenvalue weighted by atomic mass is 9.96. The van der Waals surface area contributed by atoms with Crippen LogP contribution in [0.2, 0.25) is 6.04 Å². The lowest BCUT2D eigenvalue weighted by Crippen LogP contribution is -1.92. The first-order valence-electron chi connectivity index (χ1n) is 6.34. The predicted molar refractivity (Wildman–Crippen MR) is 89.2 cm³/mol. The van der Waals surface area contributed by atoms with Crippen LogP contribution >= 0.6 is 21.8 Å². The summed E-state index contributed by atoms with van der Waals surface area (Å²) in [6, 6.07) is 13.3. The van der Waals surface area contributed by atoms with Gasteiger partial charge in [-0.25, -0.2) is 4.39 Å². The van der Waals surface area contributed by atoms with Crippen LogP contribution in [0.4, 0.5) is 4.39 Å². The molecule has 19 heavy (non-hydrogen) atoms. The van der Waals surface area contributed by atoms with Gasteiger partial charge in [-0.15, -0.1) is 21.8 Å². The molecule has 4 heteroatoms. The molecule has 0 aromatic heterocycles. The van der Waals surface area contributed by atoms with Gasteiger partial charge in [-0.1, -0.05) is 30.7 Å². The van der Waals surface area contributed by atoms with Crippen molar-refractivity contribution in [2.24, 2.45) is 0 Å². The zero-order chi connectivity index (χ0) is 13.7. The third-order valence-electron chi connectivity index (χ3n) is 3.07. The number of hydrogen-bond acceptors (Lipinski definition) is 1. The van der Waals surface area contributed by atoms with E-state index in [1.165, 1.54) is 18.2 Å². The monoisotopic (exact) mass is 386 g/mol. The number of phenols is 1. The van der Waals surface area contributed by atoms with Crippen molar-refractivity contribution in [2.45, 2.75) is 18.9 Å². The molecular weight excluding hydrogens is 370 g/mol. The number of benzene rings is 2. The van der Waals surface area contributed by atoms with E-state index in [2.05, 4.69) is 21.8 Å². The minimum Gasteiger partial charge on any atom is -0.508 e. The largest absolute Gasteiger partial charge is 0.508 e. The second-order valence-corrected chi connectivity index (χ2v) is 8.82. The van der Waals surface area contributed by atoms with Gasteiger partial charge in [0.15, 0.2) is 0 Å². The first kappa shape index (κ1) is 14.5. The summed E-state index contributed by atoms with van der Waals surface area (Å²) >= 11 is 2.51. The number of aromatic hydroxyl groups is 1. The standard InChI is InChI=1S/C15H16FIOSi/c16-13-5-3-11(4-6-13)15-8-7-14(18)10-12(15)2-1-9-19-17/h3-8,10,18H,1-2,9,19H2. The van der Waals surface area contributed by atoms with Gasteiger partial charge in [0, 0.05) is 0 Å². The van der Waals surface area contributed by atoms with Gasteiger partial charge < -0.3 is 5.11 Å². The van der Waals surface area contributed by atoms with E-state index in [1.807, 2.05) is 12.1 Å². The second-order valence-electron chi connectivity index (χ2n) is 4.49. The second kappa shape index (κ2) is 7.05. The van der Waals surface area contributed by atoms with Crippen LogP contribution in [0.15, 0.2) is 42.5 Å². The van der Waals surface area contributed by atoms with Crippen LogP contribution in [-0.2, 0) is 6.42 Å². The fourth-order valence-corrected chi connectivity index (χ4v) is 4.17. The Morgan fingerprint density at radius 3 is 2.53 bits per heavy atom. The van der Waals surface area contributed by atoms with Crippen LogP contribution < -0.4 is 0 Å². The fourth-order valence-electron chi connectivity index (χ4n) is 2.11. The Hall–Kier alpha value is -0.883. The topological polar surface area (TPSA) is 20.2 Å². The molecule has 0 saturated heterocycles. The van der Waals surface area contributed by atoms with Crippen LogP contribution in [0, 0.1) is 5.82 Å². The van der Waals surface area contributed by atoms with Gasteiger partial charge in [0.05, 0.1) is 7.02 Å². The van der Waals surface area contributed by atoms with Crippen LogP contribution in [0.3, 0.4) is 0 Å². The first-order valence-corrected chi connectivity index (χ1v) is 12.5. The van der Waals surface area contributed by atoms with Crippen LogP contribution in [0.5, 0.6) is 5.75 Å². The van der Waals surface area contributed by atoms with Gasteiger partial charge in [0.25, 0.3) is 0 Å². The Balaban J connectivity index is 2.30. The van der Waals surface area contributed by atoms with E-state index in [9.17, 15) is 9.50 Å². The molecule has 2 aromatic rings. The average molecular weight is 386 g/mol. The highest BCUT2D eigenvalue weighted by Gasteiger charge is 2.06. The molecule has 0 heterocycles. The summed E-state index contributed by atoms with van der Waals surface area (Å²) in [4.78, 5) is 0. The van der Waals surface area contributed by atoms with E-state index in [0.29, 0.717) is 5.75 Å². The summed E-state index contributed by atoms with van der Waals surface area (Å²) < 4.78 is 13.0. The third kappa shape index (κ3) is 4.04. The van der Waals surface area contributed by atoms with Crippen molar-refractivity contribution < 1.29 is 9.50 Å². The van der Waals surface area contributed by atoms with Crippen molar-refractivity contribution in [1.82, 2.24) is 0 Å². The van der Waals surface area contributed by atoms with Crippen molar-refractivity contribution >= 4 is 28.8 Å². The van der Waals surface area contributed by atoms with E-state index in [4.69, 9.17) is 0 Å². The predicted octanol–water partition coefficient (Wildman–Crippen LogP) is 4.07.